The van der Waals surface area contributed by atoms with Crippen LogP contribution in [0.5, 0.6) is 11.5 Å². The molecule has 2 aliphatic heterocycles. The molecule has 130 valence electrons. The van der Waals surface area contributed by atoms with E-state index in [1.807, 2.05) is 18.7 Å². The van der Waals surface area contributed by atoms with Crippen molar-refractivity contribution in [3.63, 3.8) is 0 Å². The van der Waals surface area contributed by atoms with Gasteiger partial charge in [0.2, 0.25) is 0 Å². The summed E-state index contributed by atoms with van der Waals surface area (Å²) in [5.74, 6) is 0.475. The Hall–Kier alpha value is -2.24. The highest BCUT2D eigenvalue weighted by molar-refractivity contribution is 5.92. The molecule has 6 heteroatoms. The molecule has 1 aromatic rings. The molecule has 0 aromatic heterocycles. The van der Waals surface area contributed by atoms with E-state index in [-0.39, 0.29) is 24.6 Å². The SMILES string of the molecule is C[C@@H]1CCC[C@@H](C)N1C(=O)COC(=O)c1ccc2c(c1)OCCO2. The Morgan fingerprint density at radius 3 is 2.50 bits per heavy atom. The molecular weight excluding hydrogens is 310 g/mol. The van der Waals surface area contributed by atoms with Crippen molar-refractivity contribution in [1.29, 1.82) is 0 Å². The van der Waals surface area contributed by atoms with Crippen LogP contribution in [0.4, 0.5) is 0 Å². The molecular formula is C18H23NO5. The molecule has 6 nitrogen and oxygen atoms in total. The van der Waals surface area contributed by atoms with Crippen LogP contribution < -0.4 is 9.47 Å². The first kappa shape index (κ1) is 16.6. The van der Waals surface area contributed by atoms with Crippen LogP contribution in [0.2, 0.25) is 0 Å². The van der Waals surface area contributed by atoms with E-state index in [0.29, 0.717) is 30.3 Å². The topological polar surface area (TPSA) is 65.1 Å². The lowest BCUT2D eigenvalue weighted by Gasteiger charge is -2.38. The van der Waals surface area contributed by atoms with Gasteiger partial charge >= 0.3 is 5.97 Å². The summed E-state index contributed by atoms with van der Waals surface area (Å²) in [5, 5.41) is 0. The molecule has 0 radical (unpaired) electrons. The summed E-state index contributed by atoms with van der Waals surface area (Å²) in [5.41, 5.74) is 0.354. The molecule has 1 amide bonds. The van der Waals surface area contributed by atoms with Crippen molar-refractivity contribution >= 4 is 11.9 Å². The predicted molar refractivity (Wildman–Crippen MR) is 87.3 cm³/mol. The van der Waals surface area contributed by atoms with E-state index in [1.54, 1.807) is 18.2 Å². The first-order valence-electron chi connectivity index (χ1n) is 8.44. The van der Waals surface area contributed by atoms with Gasteiger partial charge < -0.3 is 19.1 Å². The van der Waals surface area contributed by atoms with Gasteiger partial charge in [-0.2, -0.15) is 0 Å². The van der Waals surface area contributed by atoms with Crippen LogP contribution in [0.25, 0.3) is 0 Å². The first-order chi connectivity index (χ1) is 11.6. The summed E-state index contributed by atoms with van der Waals surface area (Å²) < 4.78 is 16.1. The third-order valence-corrected chi connectivity index (χ3v) is 4.59. The number of benzene rings is 1. The minimum absolute atomic E-state index is 0.138. The van der Waals surface area contributed by atoms with Crippen LogP contribution in [-0.4, -0.2) is 48.7 Å². The summed E-state index contributed by atoms with van der Waals surface area (Å²) in [7, 11) is 0. The lowest BCUT2D eigenvalue weighted by molar-refractivity contribution is -0.140. The lowest BCUT2D eigenvalue weighted by Crippen LogP contribution is -2.49. The number of nitrogens with zero attached hydrogens (tertiary/aromatic N) is 1. The molecule has 2 heterocycles. The smallest absolute Gasteiger partial charge is 0.338 e. The average molecular weight is 333 g/mol. The van der Waals surface area contributed by atoms with Gasteiger partial charge in [0.1, 0.15) is 13.2 Å². The Kier molecular flexibility index (Phi) is 4.92. The Labute approximate surface area is 141 Å². The van der Waals surface area contributed by atoms with Crippen LogP contribution in [0, 0.1) is 0 Å². The van der Waals surface area contributed by atoms with E-state index in [2.05, 4.69) is 0 Å². The number of ether oxygens (including phenoxy) is 3. The summed E-state index contributed by atoms with van der Waals surface area (Å²) in [6.45, 7) is 4.79. The lowest BCUT2D eigenvalue weighted by atomic mass is 9.97. The van der Waals surface area contributed by atoms with Gasteiger partial charge in [-0.15, -0.1) is 0 Å². The minimum atomic E-state index is -0.530. The number of likely N-dealkylation sites (tertiary alicyclic amines) is 1. The highest BCUT2D eigenvalue weighted by Gasteiger charge is 2.29. The number of piperidine rings is 1. The highest BCUT2D eigenvalue weighted by atomic mass is 16.6. The summed E-state index contributed by atoms with van der Waals surface area (Å²) in [6.07, 6.45) is 3.11. The number of fused-ring (bicyclic) bond motifs is 1. The molecule has 2 atom stereocenters. The maximum Gasteiger partial charge on any atom is 0.338 e. The van der Waals surface area contributed by atoms with E-state index in [4.69, 9.17) is 14.2 Å². The summed E-state index contributed by atoms with van der Waals surface area (Å²) >= 11 is 0. The van der Waals surface area contributed by atoms with E-state index < -0.39 is 5.97 Å². The monoisotopic (exact) mass is 333 g/mol. The number of carbonyl (C=O) groups is 2. The van der Waals surface area contributed by atoms with Crippen LogP contribution in [0.3, 0.4) is 0 Å². The minimum Gasteiger partial charge on any atom is -0.486 e. The predicted octanol–water partition coefficient (Wildman–Crippen LogP) is 2.40. The van der Waals surface area contributed by atoms with Gasteiger partial charge in [-0.05, 0) is 51.3 Å². The van der Waals surface area contributed by atoms with Crippen molar-refractivity contribution in [1.82, 2.24) is 4.90 Å². The third-order valence-electron chi connectivity index (χ3n) is 4.59. The molecule has 0 aliphatic carbocycles. The van der Waals surface area contributed by atoms with Crippen LogP contribution in [0.1, 0.15) is 43.5 Å². The molecule has 0 N–H and O–H groups in total. The number of amides is 1. The third kappa shape index (κ3) is 3.47. The number of hydrogen-bond donors (Lipinski definition) is 0. The Morgan fingerprint density at radius 1 is 1.12 bits per heavy atom. The maximum atomic E-state index is 12.4. The maximum absolute atomic E-state index is 12.4. The molecule has 3 rings (SSSR count). The zero-order chi connectivity index (χ0) is 17.1. The quantitative estimate of drug-likeness (QED) is 0.795. The first-order valence-corrected chi connectivity index (χ1v) is 8.44. The van der Waals surface area contributed by atoms with Crippen molar-refractivity contribution in [3.05, 3.63) is 23.8 Å². The van der Waals surface area contributed by atoms with Gasteiger partial charge in [0.05, 0.1) is 5.56 Å². The van der Waals surface area contributed by atoms with Crippen molar-refractivity contribution < 1.29 is 23.8 Å². The van der Waals surface area contributed by atoms with Crippen molar-refractivity contribution in [2.45, 2.75) is 45.2 Å². The fourth-order valence-corrected chi connectivity index (χ4v) is 3.37. The van der Waals surface area contributed by atoms with E-state index in [0.717, 1.165) is 19.3 Å². The fourth-order valence-electron chi connectivity index (χ4n) is 3.37. The van der Waals surface area contributed by atoms with Gasteiger partial charge in [0.25, 0.3) is 5.91 Å². The van der Waals surface area contributed by atoms with Crippen LogP contribution in [-0.2, 0) is 9.53 Å². The largest absolute Gasteiger partial charge is 0.486 e. The Morgan fingerprint density at radius 2 is 1.79 bits per heavy atom. The van der Waals surface area contributed by atoms with Gasteiger partial charge in [-0.25, -0.2) is 4.79 Å². The number of rotatable bonds is 3. The Bertz CT molecular complexity index is 620. The normalized spacial score (nSPS) is 22.8. The second-order valence-electron chi connectivity index (χ2n) is 6.36. The second kappa shape index (κ2) is 7.11. The molecule has 1 saturated heterocycles. The zero-order valence-electron chi connectivity index (χ0n) is 14.1. The molecule has 1 fully saturated rings. The van der Waals surface area contributed by atoms with E-state index in [1.165, 1.54) is 0 Å². The summed E-state index contributed by atoms with van der Waals surface area (Å²) in [6, 6.07) is 5.27. The van der Waals surface area contributed by atoms with Gasteiger partial charge in [-0.3, -0.25) is 4.79 Å². The van der Waals surface area contributed by atoms with Gasteiger partial charge in [-0.1, -0.05) is 0 Å². The van der Waals surface area contributed by atoms with Gasteiger partial charge in [0.15, 0.2) is 18.1 Å². The van der Waals surface area contributed by atoms with Crippen LogP contribution >= 0.6 is 0 Å². The summed E-state index contributed by atoms with van der Waals surface area (Å²) in [4.78, 5) is 26.4. The average Bonchev–Trinajstić information content (AvgIpc) is 2.59. The molecule has 24 heavy (non-hydrogen) atoms. The second-order valence-corrected chi connectivity index (χ2v) is 6.36. The van der Waals surface area contributed by atoms with Crippen molar-refractivity contribution in [2.24, 2.45) is 0 Å². The fraction of sp³-hybridized carbons (Fsp3) is 0.556. The van der Waals surface area contributed by atoms with Crippen molar-refractivity contribution in [2.75, 3.05) is 19.8 Å². The number of esters is 1. The molecule has 0 bridgehead atoms. The standard InChI is InChI=1S/C18H23NO5/c1-12-4-3-5-13(2)19(12)17(20)11-24-18(21)14-6-7-15-16(10-14)23-9-8-22-15/h6-7,10,12-13H,3-5,8-9,11H2,1-2H3/t12-,13-/m1/s1. The molecule has 2 aliphatic rings. The molecule has 0 saturated carbocycles. The zero-order valence-corrected chi connectivity index (χ0v) is 14.1. The Balaban J connectivity index is 1.60. The highest BCUT2D eigenvalue weighted by Crippen LogP contribution is 2.31. The number of carbonyl (C=O) groups excluding carboxylic acids is 2. The molecule has 0 unspecified atom stereocenters. The molecule has 1 aromatic carbocycles. The van der Waals surface area contributed by atoms with E-state index in [9.17, 15) is 9.59 Å². The number of hydrogen-bond acceptors (Lipinski definition) is 5. The van der Waals surface area contributed by atoms with Gasteiger partial charge in [0, 0.05) is 12.1 Å². The molecule has 0 spiro atoms. The van der Waals surface area contributed by atoms with Crippen LogP contribution in [0.15, 0.2) is 18.2 Å². The van der Waals surface area contributed by atoms with Crippen molar-refractivity contribution in [3.8, 4) is 11.5 Å². The van der Waals surface area contributed by atoms with E-state index >= 15 is 0 Å².